The maximum absolute atomic E-state index is 12.5. The SMILES string of the molecule is CN(C)c1cc(CNC(=O)C2CC3CCC2O3)c2ccccc2n1. The van der Waals surface area contributed by atoms with Crippen molar-refractivity contribution in [2.24, 2.45) is 5.92 Å². The number of nitrogens with one attached hydrogen (secondary N) is 1. The van der Waals surface area contributed by atoms with Crippen molar-refractivity contribution in [2.45, 2.75) is 38.0 Å². The van der Waals surface area contributed by atoms with E-state index in [9.17, 15) is 4.79 Å². The molecule has 1 aromatic carbocycles. The molecule has 2 saturated heterocycles. The van der Waals surface area contributed by atoms with E-state index in [1.54, 1.807) is 0 Å². The van der Waals surface area contributed by atoms with Gasteiger partial charge in [-0.2, -0.15) is 0 Å². The molecule has 0 saturated carbocycles. The third-order valence-corrected chi connectivity index (χ3v) is 5.14. The molecule has 1 N–H and O–H groups in total. The summed E-state index contributed by atoms with van der Waals surface area (Å²) in [5.74, 6) is 1.04. The van der Waals surface area contributed by atoms with Crippen molar-refractivity contribution < 1.29 is 9.53 Å². The number of nitrogens with zero attached hydrogens (tertiary/aromatic N) is 2. The number of hydrogen-bond donors (Lipinski definition) is 1. The number of para-hydroxylation sites is 1. The number of fused-ring (bicyclic) bond motifs is 3. The van der Waals surface area contributed by atoms with E-state index in [2.05, 4.69) is 22.4 Å². The van der Waals surface area contributed by atoms with Crippen LogP contribution < -0.4 is 10.2 Å². The Bertz CT molecular complexity index is 774. The predicted molar refractivity (Wildman–Crippen MR) is 93.9 cm³/mol. The Balaban J connectivity index is 1.54. The third-order valence-electron chi connectivity index (χ3n) is 5.14. The van der Waals surface area contributed by atoms with E-state index in [4.69, 9.17) is 4.74 Å². The summed E-state index contributed by atoms with van der Waals surface area (Å²) in [5.41, 5.74) is 2.05. The average molecular weight is 325 g/mol. The molecule has 0 spiro atoms. The summed E-state index contributed by atoms with van der Waals surface area (Å²) >= 11 is 0. The Labute approximate surface area is 142 Å². The van der Waals surface area contributed by atoms with E-state index >= 15 is 0 Å². The lowest BCUT2D eigenvalue weighted by atomic mass is 9.88. The second kappa shape index (κ2) is 6.06. The molecular formula is C19H23N3O2. The van der Waals surface area contributed by atoms with Crippen LogP contribution in [0.4, 0.5) is 5.82 Å². The molecular weight excluding hydrogens is 302 g/mol. The van der Waals surface area contributed by atoms with Gasteiger partial charge in [0, 0.05) is 26.0 Å². The van der Waals surface area contributed by atoms with E-state index in [-0.39, 0.29) is 17.9 Å². The molecule has 4 rings (SSSR count). The lowest BCUT2D eigenvalue weighted by Gasteiger charge is -2.19. The highest BCUT2D eigenvalue weighted by molar-refractivity contribution is 5.85. The van der Waals surface area contributed by atoms with Crippen LogP contribution in [0.1, 0.15) is 24.8 Å². The quantitative estimate of drug-likeness (QED) is 0.938. The van der Waals surface area contributed by atoms with E-state index in [0.717, 1.165) is 41.5 Å². The van der Waals surface area contributed by atoms with Crippen LogP contribution in [-0.4, -0.2) is 37.2 Å². The molecule has 5 nitrogen and oxygen atoms in total. The van der Waals surface area contributed by atoms with Crippen LogP contribution in [0.2, 0.25) is 0 Å². The molecule has 1 aromatic heterocycles. The van der Waals surface area contributed by atoms with Crippen molar-refractivity contribution in [2.75, 3.05) is 19.0 Å². The Morgan fingerprint density at radius 1 is 1.33 bits per heavy atom. The molecule has 2 aliphatic heterocycles. The Kier molecular flexibility index (Phi) is 3.88. The zero-order valence-electron chi connectivity index (χ0n) is 14.2. The number of anilines is 1. The summed E-state index contributed by atoms with van der Waals surface area (Å²) in [7, 11) is 3.96. The van der Waals surface area contributed by atoms with Gasteiger partial charge in [0.1, 0.15) is 5.82 Å². The monoisotopic (exact) mass is 325 g/mol. The molecule has 3 atom stereocenters. The molecule has 0 aliphatic carbocycles. The predicted octanol–water partition coefficient (Wildman–Crippen LogP) is 2.48. The van der Waals surface area contributed by atoms with Gasteiger partial charge in [-0.3, -0.25) is 4.79 Å². The Morgan fingerprint density at radius 3 is 2.88 bits per heavy atom. The van der Waals surface area contributed by atoms with Crippen LogP contribution >= 0.6 is 0 Å². The maximum Gasteiger partial charge on any atom is 0.226 e. The largest absolute Gasteiger partial charge is 0.374 e. The number of carbonyl (C=O) groups is 1. The standard InChI is InChI=1S/C19H23N3O2/c1-22(2)18-9-12(14-5-3-4-6-16(14)21-18)11-20-19(23)15-10-13-7-8-17(15)24-13/h3-6,9,13,15,17H,7-8,10-11H2,1-2H3,(H,20,23). The first-order chi connectivity index (χ1) is 11.6. The smallest absolute Gasteiger partial charge is 0.226 e. The molecule has 5 heteroatoms. The van der Waals surface area contributed by atoms with E-state index in [1.165, 1.54) is 0 Å². The zero-order valence-corrected chi connectivity index (χ0v) is 14.2. The van der Waals surface area contributed by atoms with Crippen molar-refractivity contribution in [1.29, 1.82) is 0 Å². The highest BCUT2D eigenvalue weighted by Crippen LogP contribution is 2.38. The van der Waals surface area contributed by atoms with Crippen molar-refractivity contribution in [3.05, 3.63) is 35.9 Å². The van der Waals surface area contributed by atoms with Crippen molar-refractivity contribution in [3.8, 4) is 0 Å². The zero-order chi connectivity index (χ0) is 16.7. The number of aromatic nitrogens is 1. The number of benzene rings is 1. The first kappa shape index (κ1) is 15.4. The van der Waals surface area contributed by atoms with Crippen LogP contribution in [0.5, 0.6) is 0 Å². The van der Waals surface area contributed by atoms with Crippen molar-refractivity contribution in [1.82, 2.24) is 10.3 Å². The lowest BCUT2D eigenvalue weighted by Crippen LogP contribution is -2.35. The Morgan fingerprint density at radius 2 is 2.17 bits per heavy atom. The minimum Gasteiger partial charge on any atom is -0.374 e. The number of ether oxygens (including phenoxy) is 1. The maximum atomic E-state index is 12.5. The van der Waals surface area contributed by atoms with Crippen LogP contribution in [0, 0.1) is 5.92 Å². The summed E-state index contributed by atoms with van der Waals surface area (Å²) in [6, 6.07) is 10.1. The van der Waals surface area contributed by atoms with E-state index in [0.29, 0.717) is 12.6 Å². The van der Waals surface area contributed by atoms with E-state index < -0.39 is 0 Å². The second-order valence-corrected chi connectivity index (χ2v) is 6.99. The number of amides is 1. The summed E-state index contributed by atoms with van der Waals surface area (Å²) in [5, 5.41) is 4.21. The van der Waals surface area contributed by atoms with Crippen LogP contribution in [-0.2, 0) is 16.1 Å². The number of pyridine rings is 1. The number of rotatable bonds is 4. The topological polar surface area (TPSA) is 54.5 Å². The minimum absolute atomic E-state index is 0.0187. The molecule has 3 heterocycles. The number of carbonyl (C=O) groups excluding carboxylic acids is 1. The van der Waals surface area contributed by atoms with Gasteiger partial charge in [0.15, 0.2) is 0 Å². The third kappa shape index (κ3) is 2.73. The molecule has 2 aliphatic rings. The van der Waals surface area contributed by atoms with Gasteiger partial charge in [-0.15, -0.1) is 0 Å². The van der Waals surface area contributed by atoms with Gasteiger partial charge in [-0.1, -0.05) is 18.2 Å². The van der Waals surface area contributed by atoms with Crippen LogP contribution in [0.25, 0.3) is 10.9 Å². The molecule has 2 fully saturated rings. The summed E-state index contributed by atoms with van der Waals surface area (Å²) < 4.78 is 5.80. The fraction of sp³-hybridized carbons (Fsp3) is 0.474. The lowest BCUT2D eigenvalue weighted by molar-refractivity contribution is -0.126. The normalized spacial score (nSPS) is 25.2. The van der Waals surface area contributed by atoms with Gasteiger partial charge in [-0.25, -0.2) is 4.98 Å². The first-order valence-corrected chi connectivity index (χ1v) is 8.61. The highest BCUT2D eigenvalue weighted by atomic mass is 16.5. The summed E-state index contributed by atoms with van der Waals surface area (Å²) in [4.78, 5) is 19.2. The minimum atomic E-state index is 0.0187. The molecule has 2 bridgehead atoms. The molecule has 24 heavy (non-hydrogen) atoms. The molecule has 126 valence electrons. The Hall–Kier alpha value is -2.14. The fourth-order valence-electron chi connectivity index (χ4n) is 3.83. The van der Waals surface area contributed by atoms with Gasteiger partial charge >= 0.3 is 0 Å². The first-order valence-electron chi connectivity index (χ1n) is 8.61. The molecule has 0 radical (unpaired) electrons. The molecule has 3 unspecified atom stereocenters. The van der Waals surface area contributed by atoms with E-state index in [1.807, 2.05) is 37.2 Å². The van der Waals surface area contributed by atoms with Crippen LogP contribution in [0.15, 0.2) is 30.3 Å². The van der Waals surface area contributed by atoms with Gasteiger partial charge in [0.05, 0.1) is 23.6 Å². The summed E-state index contributed by atoms with van der Waals surface area (Å²) in [6.07, 6.45) is 3.42. The van der Waals surface area contributed by atoms with Crippen molar-refractivity contribution >= 4 is 22.6 Å². The second-order valence-electron chi connectivity index (χ2n) is 6.99. The highest BCUT2D eigenvalue weighted by Gasteiger charge is 2.44. The number of hydrogen-bond acceptors (Lipinski definition) is 4. The van der Waals surface area contributed by atoms with Crippen LogP contribution in [0.3, 0.4) is 0 Å². The summed E-state index contributed by atoms with van der Waals surface area (Å²) in [6.45, 7) is 0.524. The average Bonchev–Trinajstić information content (AvgIpc) is 3.22. The van der Waals surface area contributed by atoms with Gasteiger partial charge in [0.2, 0.25) is 5.91 Å². The van der Waals surface area contributed by atoms with Gasteiger partial charge < -0.3 is 15.0 Å². The molecule has 2 aromatic rings. The molecule has 1 amide bonds. The van der Waals surface area contributed by atoms with Gasteiger partial charge in [0.25, 0.3) is 0 Å². The van der Waals surface area contributed by atoms with Gasteiger partial charge in [-0.05, 0) is 37.0 Å². The van der Waals surface area contributed by atoms with Crippen molar-refractivity contribution in [3.63, 3.8) is 0 Å². The fourth-order valence-corrected chi connectivity index (χ4v) is 3.83.